The number of esters is 2. The lowest BCUT2D eigenvalue weighted by Gasteiger charge is -2.44. The van der Waals surface area contributed by atoms with E-state index in [0.717, 1.165) is 11.1 Å². The van der Waals surface area contributed by atoms with Gasteiger partial charge in [-0.25, -0.2) is 4.79 Å². The average molecular weight is 489 g/mol. The van der Waals surface area contributed by atoms with E-state index >= 15 is 0 Å². The molecule has 1 saturated heterocycles. The molecule has 1 heterocycles. The van der Waals surface area contributed by atoms with Crippen molar-refractivity contribution in [2.24, 2.45) is 0 Å². The normalized spacial score (nSPS) is 25.0. The van der Waals surface area contributed by atoms with E-state index in [0.29, 0.717) is 0 Å². The van der Waals surface area contributed by atoms with Crippen LogP contribution < -0.4 is 0 Å². The lowest BCUT2D eigenvalue weighted by Crippen LogP contribution is -2.61. The van der Waals surface area contributed by atoms with Crippen LogP contribution in [0.2, 0.25) is 0 Å². The molecule has 2 aromatic carbocycles. The highest BCUT2D eigenvalue weighted by molar-refractivity contribution is 5.73. The Kier molecular flexibility index (Phi) is 10.2. The first-order valence-electron chi connectivity index (χ1n) is 11.4. The molecule has 6 atom stereocenters. The molecule has 0 aromatic heterocycles. The number of rotatable bonds is 11. The molecule has 0 amide bonds. The van der Waals surface area contributed by atoms with Gasteiger partial charge in [-0.1, -0.05) is 60.7 Å². The summed E-state index contributed by atoms with van der Waals surface area (Å²) in [4.78, 5) is 23.4. The third-order valence-corrected chi connectivity index (χ3v) is 5.51. The molecular formula is C26H32O9. The topological polar surface area (TPSA) is 110 Å². The fourth-order valence-corrected chi connectivity index (χ4v) is 3.68. The SMILES string of the molecule is COC(=O)[C@H](C)O[C@@H]1OC(COC(C)=O)[C@@H](OCc2ccccc2)C(O)C1OCc1ccccc1. The fourth-order valence-electron chi connectivity index (χ4n) is 3.68. The van der Waals surface area contributed by atoms with E-state index < -0.39 is 48.7 Å². The molecule has 0 spiro atoms. The quantitative estimate of drug-likeness (QED) is 0.477. The molecule has 1 aliphatic rings. The van der Waals surface area contributed by atoms with Gasteiger partial charge in [-0.15, -0.1) is 0 Å². The molecule has 0 saturated carbocycles. The van der Waals surface area contributed by atoms with Gasteiger partial charge in [0.1, 0.15) is 31.0 Å². The smallest absolute Gasteiger partial charge is 0.334 e. The molecule has 2 aromatic rings. The molecule has 0 bridgehead atoms. The van der Waals surface area contributed by atoms with Crippen molar-refractivity contribution in [2.75, 3.05) is 13.7 Å². The number of hydrogen-bond donors (Lipinski definition) is 1. The minimum atomic E-state index is -1.22. The van der Waals surface area contributed by atoms with Crippen LogP contribution in [0.1, 0.15) is 25.0 Å². The van der Waals surface area contributed by atoms with Gasteiger partial charge in [-0.05, 0) is 18.1 Å². The number of hydrogen-bond acceptors (Lipinski definition) is 9. The van der Waals surface area contributed by atoms with Crippen LogP contribution in [-0.2, 0) is 51.2 Å². The van der Waals surface area contributed by atoms with E-state index in [9.17, 15) is 14.7 Å². The van der Waals surface area contributed by atoms with Crippen molar-refractivity contribution in [3.8, 4) is 0 Å². The van der Waals surface area contributed by atoms with Crippen molar-refractivity contribution < 1.29 is 43.1 Å². The van der Waals surface area contributed by atoms with Crippen molar-refractivity contribution in [1.29, 1.82) is 0 Å². The highest BCUT2D eigenvalue weighted by Gasteiger charge is 2.48. The van der Waals surface area contributed by atoms with E-state index in [1.54, 1.807) is 0 Å². The Bertz CT molecular complexity index is 921. The maximum atomic E-state index is 12.0. The summed E-state index contributed by atoms with van der Waals surface area (Å²) in [5, 5.41) is 11.3. The standard InChI is InChI=1S/C26H32O9/c1-17(25(29)30-3)34-26-24(33-15-20-12-8-5-9-13-20)22(28)23(21(35-26)16-31-18(2)27)32-14-19-10-6-4-7-11-19/h4-13,17,21-24,26,28H,14-16H2,1-3H3/t17-,21?,22?,23+,24?,26+/m0/s1. The number of carbonyl (C=O) groups excluding carboxylic acids is 2. The van der Waals surface area contributed by atoms with E-state index in [4.69, 9.17) is 28.4 Å². The number of carbonyl (C=O) groups is 2. The molecule has 0 aliphatic carbocycles. The molecule has 35 heavy (non-hydrogen) atoms. The van der Waals surface area contributed by atoms with Gasteiger partial charge in [-0.3, -0.25) is 4.79 Å². The molecule has 1 fully saturated rings. The summed E-state index contributed by atoms with van der Waals surface area (Å²) in [5.74, 6) is -1.11. The van der Waals surface area contributed by atoms with E-state index in [-0.39, 0.29) is 19.8 Å². The van der Waals surface area contributed by atoms with Crippen LogP contribution in [0, 0.1) is 0 Å². The summed E-state index contributed by atoms with van der Waals surface area (Å²) >= 11 is 0. The number of benzene rings is 2. The number of methoxy groups -OCH3 is 1. The van der Waals surface area contributed by atoms with Gasteiger partial charge in [0.2, 0.25) is 0 Å². The Hall–Kier alpha value is -2.82. The summed E-state index contributed by atoms with van der Waals surface area (Å²) in [6, 6.07) is 18.9. The van der Waals surface area contributed by atoms with Gasteiger partial charge in [0.25, 0.3) is 0 Å². The Morgan fingerprint density at radius 1 is 0.943 bits per heavy atom. The monoisotopic (exact) mass is 488 g/mol. The largest absolute Gasteiger partial charge is 0.467 e. The van der Waals surface area contributed by atoms with Crippen LogP contribution in [0.25, 0.3) is 0 Å². The summed E-state index contributed by atoms with van der Waals surface area (Å²) < 4.78 is 33.8. The van der Waals surface area contributed by atoms with E-state index in [2.05, 4.69) is 0 Å². The summed E-state index contributed by atoms with van der Waals surface area (Å²) in [6.45, 7) is 2.97. The summed E-state index contributed by atoms with van der Waals surface area (Å²) in [7, 11) is 1.25. The molecule has 1 N–H and O–H groups in total. The van der Waals surface area contributed by atoms with Crippen molar-refractivity contribution in [3.05, 3.63) is 71.8 Å². The van der Waals surface area contributed by atoms with E-state index in [1.165, 1.54) is 21.0 Å². The van der Waals surface area contributed by atoms with Gasteiger partial charge in [0.15, 0.2) is 12.4 Å². The molecule has 190 valence electrons. The zero-order valence-corrected chi connectivity index (χ0v) is 20.1. The molecule has 3 unspecified atom stereocenters. The van der Waals surface area contributed by atoms with Crippen molar-refractivity contribution in [1.82, 2.24) is 0 Å². The lowest BCUT2D eigenvalue weighted by atomic mass is 9.98. The number of ether oxygens (including phenoxy) is 6. The fraction of sp³-hybridized carbons (Fsp3) is 0.462. The predicted octanol–water partition coefficient (Wildman–Crippen LogP) is 2.38. The number of aliphatic hydroxyl groups excluding tert-OH is 1. The minimum Gasteiger partial charge on any atom is -0.467 e. The minimum absolute atomic E-state index is 0.165. The first-order chi connectivity index (χ1) is 16.9. The van der Waals surface area contributed by atoms with Crippen LogP contribution in [0.15, 0.2) is 60.7 Å². The maximum Gasteiger partial charge on any atom is 0.334 e. The lowest BCUT2D eigenvalue weighted by molar-refractivity contribution is -0.325. The third kappa shape index (κ3) is 7.84. The molecule has 9 nitrogen and oxygen atoms in total. The highest BCUT2D eigenvalue weighted by atomic mass is 16.7. The highest BCUT2D eigenvalue weighted by Crippen LogP contribution is 2.29. The second-order valence-corrected chi connectivity index (χ2v) is 8.16. The van der Waals surface area contributed by atoms with E-state index in [1.807, 2.05) is 60.7 Å². The Labute approximate surface area is 204 Å². The average Bonchev–Trinajstić information content (AvgIpc) is 2.87. The Morgan fingerprint density at radius 3 is 2.00 bits per heavy atom. The van der Waals surface area contributed by atoms with Crippen LogP contribution in [0.5, 0.6) is 0 Å². The zero-order chi connectivity index (χ0) is 25.2. The second kappa shape index (κ2) is 13.3. The molecule has 1 aliphatic heterocycles. The van der Waals surface area contributed by atoms with Crippen LogP contribution in [0.3, 0.4) is 0 Å². The predicted molar refractivity (Wildman–Crippen MR) is 124 cm³/mol. The van der Waals surface area contributed by atoms with Gasteiger partial charge in [0, 0.05) is 6.92 Å². The molecule has 9 heteroatoms. The van der Waals surface area contributed by atoms with Gasteiger partial charge < -0.3 is 33.5 Å². The third-order valence-electron chi connectivity index (χ3n) is 5.51. The van der Waals surface area contributed by atoms with Crippen molar-refractivity contribution >= 4 is 11.9 Å². The summed E-state index contributed by atoms with van der Waals surface area (Å²) in [5.41, 5.74) is 1.77. The van der Waals surface area contributed by atoms with Crippen LogP contribution in [0.4, 0.5) is 0 Å². The summed E-state index contributed by atoms with van der Waals surface area (Å²) in [6.07, 6.45) is -6.13. The molecule has 0 radical (unpaired) electrons. The van der Waals surface area contributed by atoms with Crippen LogP contribution in [-0.4, -0.2) is 67.6 Å². The first-order valence-corrected chi connectivity index (χ1v) is 11.4. The Balaban J connectivity index is 1.81. The van der Waals surface area contributed by atoms with Crippen molar-refractivity contribution in [3.63, 3.8) is 0 Å². The van der Waals surface area contributed by atoms with Crippen molar-refractivity contribution in [2.45, 2.75) is 63.9 Å². The number of aliphatic hydroxyl groups is 1. The van der Waals surface area contributed by atoms with Crippen LogP contribution >= 0.6 is 0 Å². The van der Waals surface area contributed by atoms with Gasteiger partial charge in [0.05, 0.1) is 20.3 Å². The maximum absolute atomic E-state index is 12.0. The molecule has 3 rings (SSSR count). The first kappa shape index (κ1) is 26.8. The zero-order valence-electron chi connectivity index (χ0n) is 20.1. The second-order valence-electron chi connectivity index (χ2n) is 8.16. The molecular weight excluding hydrogens is 456 g/mol. The van der Waals surface area contributed by atoms with Gasteiger partial charge in [-0.2, -0.15) is 0 Å². The van der Waals surface area contributed by atoms with Gasteiger partial charge >= 0.3 is 11.9 Å². The Morgan fingerprint density at radius 2 is 1.49 bits per heavy atom.